The van der Waals surface area contributed by atoms with Gasteiger partial charge < -0.3 is 0 Å². The van der Waals surface area contributed by atoms with Gasteiger partial charge >= 0.3 is 0 Å². The highest BCUT2D eigenvalue weighted by atomic mass is 32.1. The van der Waals surface area contributed by atoms with E-state index in [0.717, 1.165) is 32.5 Å². The fourth-order valence-corrected chi connectivity index (χ4v) is 11.5. The lowest BCUT2D eigenvalue weighted by Crippen LogP contribution is -2.03. The Bertz CT molecular complexity index is 3400. The van der Waals surface area contributed by atoms with Crippen LogP contribution in [-0.4, -0.2) is 14.5 Å². The highest BCUT2D eigenvalue weighted by Gasteiger charge is 2.24. The summed E-state index contributed by atoms with van der Waals surface area (Å²) < 4.78 is 8.78. The fourth-order valence-electron chi connectivity index (χ4n) is 8.12. The highest BCUT2D eigenvalue weighted by molar-refractivity contribution is 7.27. The van der Waals surface area contributed by atoms with Crippen molar-refractivity contribution in [2.45, 2.75) is 0 Å². The Morgan fingerprint density at radius 3 is 1.82 bits per heavy atom. The zero-order valence-corrected chi connectivity index (χ0v) is 28.8. The number of hydrogen-bond acceptors (Lipinski definition) is 5. The summed E-state index contributed by atoms with van der Waals surface area (Å²) in [5.41, 5.74) is 4.34. The number of nitrogens with zero attached hydrogens (tertiary/aromatic N) is 3. The Morgan fingerprint density at radius 1 is 0.420 bits per heavy atom. The molecule has 5 heterocycles. The first-order valence-electron chi connectivity index (χ1n) is 16.7. The molecule has 0 radical (unpaired) electrons. The Morgan fingerprint density at radius 2 is 1.02 bits per heavy atom. The average molecular weight is 690 g/mol. The molecule has 12 aromatic rings. The second kappa shape index (κ2) is 9.96. The summed E-state index contributed by atoms with van der Waals surface area (Å²) in [6.07, 6.45) is 0. The highest BCUT2D eigenvalue weighted by Crippen LogP contribution is 2.48. The molecule has 0 unspecified atom stereocenters. The van der Waals surface area contributed by atoms with Gasteiger partial charge in [-0.3, -0.25) is 4.57 Å². The van der Waals surface area contributed by atoms with Crippen molar-refractivity contribution < 1.29 is 0 Å². The third-order valence-electron chi connectivity index (χ3n) is 10.2. The van der Waals surface area contributed by atoms with Gasteiger partial charge in [-0.2, -0.15) is 0 Å². The van der Waals surface area contributed by atoms with E-state index >= 15 is 0 Å². The second-order valence-electron chi connectivity index (χ2n) is 12.9. The van der Waals surface area contributed by atoms with E-state index in [9.17, 15) is 0 Å². The molecule has 50 heavy (non-hydrogen) atoms. The summed E-state index contributed by atoms with van der Waals surface area (Å²) in [5.74, 6) is 0.699. The molecular formula is C44H23N3S3. The predicted molar refractivity (Wildman–Crippen MR) is 218 cm³/mol. The summed E-state index contributed by atoms with van der Waals surface area (Å²) in [6.45, 7) is 0. The normalized spacial score (nSPS) is 12.4. The monoisotopic (exact) mass is 689 g/mol. The lowest BCUT2D eigenvalue weighted by molar-refractivity contribution is 1.02. The van der Waals surface area contributed by atoms with E-state index in [1.807, 2.05) is 22.7 Å². The van der Waals surface area contributed by atoms with Gasteiger partial charge in [0.1, 0.15) is 4.83 Å². The van der Waals surface area contributed by atoms with Crippen LogP contribution < -0.4 is 0 Å². The fraction of sp³-hybridized carbons (Fsp3) is 0. The first-order chi connectivity index (χ1) is 24.8. The third kappa shape index (κ3) is 3.57. The number of para-hydroxylation sites is 1. The summed E-state index contributed by atoms with van der Waals surface area (Å²) in [7, 11) is 0. The van der Waals surface area contributed by atoms with E-state index in [4.69, 9.17) is 9.97 Å². The largest absolute Gasteiger partial charge is 0.277 e. The number of fused-ring (bicyclic) bond motifs is 16. The molecule has 0 aliphatic heterocycles. The van der Waals surface area contributed by atoms with Crippen molar-refractivity contribution >= 4 is 127 Å². The Kier molecular flexibility index (Phi) is 5.42. The molecule has 0 bridgehead atoms. The van der Waals surface area contributed by atoms with Gasteiger partial charge in [0.05, 0.1) is 16.7 Å². The second-order valence-corrected chi connectivity index (χ2v) is 16.1. The van der Waals surface area contributed by atoms with Crippen molar-refractivity contribution in [3.05, 3.63) is 140 Å². The number of benzene rings is 7. The third-order valence-corrected chi connectivity index (χ3v) is 13.6. The predicted octanol–water partition coefficient (Wildman–Crippen LogP) is 13.5. The van der Waals surface area contributed by atoms with Gasteiger partial charge in [0.15, 0.2) is 0 Å². The molecule has 7 aromatic carbocycles. The SMILES string of the molecule is c1ccc2c(c1)sc1ccc(-c3nc(-n4c5ccccc5c5c6c7ccccc7sc6c6ccccc6c54)nc4sc5ccccc5c34)cc12. The molecule has 0 spiro atoms. The maximum Gasteiger partial charge on any atom is 0.236 e. The van der Waals surface area contributed by atoms with E-state index in [1.165, 1.54) is 72.0 Å². The van der Waals surface area contributed by atoms with E-state index in [-0.39, 0.29) is 0 Å². The van der Waals surface area contributed by atoms with Gasteiger partial charge in [-0.25, -0.2) is 9.97 Å². The van der Waals surface area contributed by atoms with Crippen molar-refractivity contribution in [1.29, 1.82) is 0 Å². The van der Waals surface area contributed by atoms with Crippen molar-refractivity contribution in [3.63, 3.8) is 0 Å². The zero-order chi connectivity index (χ0) is 32.5. The van der Waals surface area contributed by atoms with Crippen molar-refractivity contribution in [2.24, 2.45) is 0 Å². The molecule has 0 saturated heterocycles. The summed E-state index contributed by atoms with van der Waals surface area (Å²) in [5, 5.41) is 12.4. The zero-order valence-electron chi connectivity index (χ0n) is 26.3. The molecule has 6 heteroatoms. The average Bonchev–Trinajstić information content (AvgIpc) is 3.93. The van der Waals surface area contributed by atoms with Gasteiger partial charge in [-0.15, -0.1) is 34.0 Å². The van der Waals surface area contributed by atoms with Gasteiger partial charge in [-0.05, 0) is 36.4 Å². The molecule has 5 aromatic heterocycles. The molecular weight excluding hydrogens is 667 g/mol. The number of hydrogen-bond donors (Lipinski definition) is 0. The summed E-state index contributed by atoms with van der Waals surface area (Å²) in [6, 6.07) is 50.7. The van der Waals surface area contributed by atoms with E-state index in [1.54, 1.807) is 11.3 Å². The lowest BCUT2D eigenvalue weighted by Gasteiger charge is -2.12. The molecule has 0 fully saturated rings. The van der Waals surface area contributed by atoms with Gasteiger partial charge in [-0.1, -0.05) is 103 Å². The summed E-state index contributed by atoms with van der Waals surface area (Å²) >= 11 is 5.48. The van der Waals surface area contributed by atoms with Crippen LogP contribution in [0.4, 0.5) is 0 Å². The topological polar surface area (TPSA) is 30.7 Å². The van der Waals surface area contributed by atoms with Crippen LogP contribution >= 0.6 is 34.0 Å². The summed E-state index contributed by atoms with van der Waals surface area (Å²) in [4.78, 5) is 12.1. The molecule has 232 valence electrons. The van der Waals surface area contributed by atoms with Crippen LogP contribution in [0.15, 0.2) is 140 Å². The minimum atomic E-state index is 0.699. The van der Waals surface area contributed by atoms with E-state index in [0.29, 0.717) is 5.95 Å². The molecule has 0 atom stereocenters. The first-order valence-corrected chi connectivity index (χ1v) is 19.1. The van der Waals surface area contributed by atoms with Crippen LogP contribution in [0.3, 0.4) is 0 Å². The van der Waals surface area contributed by atoms with Crippen LogP contribution in [-0.2, 0) is 0 Å². The van der Waals surface area contributed by atoms with Gasteiger partial charge in [0.25, 0.3) is 0 Å². The molecule has 0 N–H and O–H groups in total. The number of aromatic nitrogens is 3. The maximum absolute atomic E-state index is 5.61. The van der Waals surface area contributed by atoms with Crippen molar-refractivity contribution in [3.8, 4) is 17.2 Å². The smallest absolute Gasteiger partial charge is 0.236 e. The van der Waals surface area contributed by atoms with Crippen LogP contribution in [0.1, 0.15) is 0 Å². The Labute approximate surface area is 296 Å². The molecule has 0 aliphatic rings. The molecule has 3 nitrogen and oxygen atoms in total. The first kappa shape index (κ1) is 27.2. The standard InChI is InChI=1S/C44H23N3S3/c1-2-13-27-26(12-1)41-37(38-29-15-5-9-19-34(29)49-42(27)38)28-14-3-7-17-32(28)47(41)44-45-40(39-30-16-6-10-20-35(30)50-43(39)46-44)24-21-22-36-31(23-24)25-11-4-8-18-33(25)48-36/h1-23H. The number of rotatable bonds is 2. The molecule has 0 aliphatic carbocycles. The van der Waals surface area contributed by atoms with Crippen LogP contribution in [0, 0.1) is 0 Å². The Balaban J connectivity index is 1.27. The Hall–Kier alpha value is -5.66. The quantitative estimate of drug-likeness (QED) is 0.181. The number of thiophene rings is 3. The molecule has 12 rings (SSSR count). The van der Waals surface area contributed by atoms with E-state index < -0.39 is 0 Å². The minimum Gasteiger partial charge on any atom is -0.277 e. The van der Waals surface area contributed by atoms with Gasteiger partial charge in [0, 0.05) is 82.9 Å². The van der Waals surface area contributed by atoms with Crippen molar-refractivity contribution in [1.82, 2.24) is 14.5 Å². The van der Waals surface area contributed by atoms with Crippen LogP contribution in [0.2, 0.25) is 0 Å². The maximum atomic E-state index is 5.61. The van der Waals surface area contributed by atoms with Gasteiger partial charge in [0.2, 0.25) is 5.95 Å². The lowest BCUT2D eigenvalue weighted by atomic mass is 10.00. The molecule has 0 saturated carbocycles. The minimum absolute atomic E-state index is 0.699. The van der Waals surface area contributed by atoms with E-state index in [2.05, 4.69) is 144 Å². The van der Waals surface area contributed by atoms with Crippen LogP contribution in [0.25, 0.3) is 110 Å². The molecule has 0 amide bonds. The van der Waals surface area contributed by atoms with Crippen molar-refractivity contribution in [2.75, 3.05) is 0 Å². The van der Waals surface area contributed by atoms with Crippen LogP contribution in [0.5, 0.6) is 0 Å².